The van der Waals surface area contributed by atoms with Crippen LogP contribution in [0.25, 0.3) is 88.6 Å². The van der Waals surface area contributed by atoms with Gasteiger partial charge in [-0.05, 0) is 141 Å². The van der Waals surface area contributed by atoms with E-state index in [0.717, 1.165) is 131 Å². The number of aliphatic hydroxyl groups excluding tert-OH is 2. The molecule has 6 aromatic carbocycles. The highest BCUT2D eigenvalue weighted by Crippen LogP contribution is 2.32. The molecule has 0 aliphatic heterocycles. The lowest BCUT2D eigenvalue weighted by atomic mass is 10.1. The lowest BCUT2D eigenvalue weighted by Gasteiger charge is -2.10. The maximum absolute atomic E-state index is 9.53. The number of phenols is 2. The third-order valence-corrected chi connectivity index (χ3v) is 13.8. The number of halogens is 1. The van der Waals surface area contributed by atoms with Gasteiger partial charge in [0.1, 0.15) is 29.6 Å². The van der Waals surface area contributed by atoms with Crippen LogP contribution in [0.2, 0.25) is 0 Å². The third kappa shape index (κ3) is 22.7. The molecule has 10 rings (SSSR count). The molecular formula is C73H81BrN4O12. The number of aromatic nitrogens is 4. The topological polar surface area (TPSA) is 206 Å². The molecule has 0 spiro atoms. The fourth-order valence-corrected chi connectivity index (χ4v) is 9.12. The number of hydrogen-bond donors (Lipinski definition) is 4. The Morgan fingerprint density at radius 3 is 0.911 bits per heavy atom. The maximum Gasteiger partial charge on any atom is 0.119 e. The largest absolute Gasteiger partial charge is 0.508 e. The highest BCUT2D eigenvalue weighted by atomic mass is 79.9. The van der Waals surface area contributed by atoms with Gasteiger partial charge in [-0.2, -0.15) is 0 Å². The third-order valence-electron chi connectivity index (χ3n) is 13.4. The van der Waals surface area contributed by atoms with E-state index in [9.17, 15) is 10.2 Å². The number of pyridine rings is 4. The molecule has 0 radical (unpaired) electrons. The standard InChI is InChI=1S/C36H38N2O6.C24H16N2O2.C9H20O4.C4H7Br/c1-2-3-19-43-31-12-6-27(7-13-31)33-16-10-29-4-5-30-11-17-34(38-36(30)35(29)37-33)28-8-14-32(15-9-28)44-26-25-42-24-23-41-22-21-40-20-18-39;27-19-9-3-15(4-10-19)21-13-7-17-1-2-18-8-14-22(26-24(18)23(17)25-21)16-5-11-20(28)12-6-16;1-2-4-11-6-8-13-9-7-12-5-3-10;1-2-3-4-5/h2,4-17,39H,1,3,18-26H2;1-14,27-28H;10H,2-9H2,1H3;2H,1,3-4H2. The zero-order chi connectivity index (χ0) is 63.4. The van der Waals surface area contributed by atoms with E-state index in [4.69, 9.17) is 68.0 Å². The van der Waals surface area contributed by atoms with Crippen molar-refractivity contribution in [3.63, 3.8) is 0 Å². The van der Waals surface area contributed by atoms with E-state index in [1.54, 1.807) is 24.3 Å². The van der Waals surface area contributed by atoms with E-state index >= 15 is 0 Å². The number of benzene rings is 6. The first kappa shape index (κ1) is 69.3. The Bertz CT molecular complexity index is 3590. The molecule has 90 heavy (non-hydrogen) atoms. The number of hydrogen-bond acceptors (Lipinski definition) is 16. The zero-order valence-electron chi connectivity index (χ0n) is 51.1. The van der Waals surface area contributed by atoms with Crippen molar-refractivity contribution in [2.24, 2.45) is 0 Å². The number of aromatic hydroxyl groups is 2. The molecule has 0 bridgehead atoms. The highest BCUT2D eigenvalue weighted by Gasteiger charge is 2.12. The van der Waals surface area contributed by atoms with Crippen LogP contribution in [0.1, 0.15) is 26.2 Å². The lowest BCUT2D eigenvalue weighted by Crippen LogP contribution is -2.13. The van der Waals surface area contributed by atoms with Gasteiger partial charge in [-0.15, -0.1) is 13.2 Å². The second-order valence-corrected chi connectivity index (χ2v) is 20.8. The fraction of sp³-hybridized carbons (Fsp3) is 0.288. The Kier molecular flexibility index (Phi) is 30.6. The summed E-state index contributed by atoms with van der Waals surface area (Å²) in [4.78, 5) is 19.8. The number of rotatable bonds is 32. The molecule has 0 atom stereocenters. The summed E-state index contributed by atoms with van der Waals surface area (Å²) < 4.78 is 43.1. The van der Waals surface area contributed by atoms with Crippen molar-refractivity contribution < 1.29 is 58.3 Å². The van der Waals surface area contributed by atoms with E-state index in [0.29, 0.717) is 85.9 Å². The van der Waals surface area contributed by atoms with Crippen LogP contribution in [0.15, 0.2) is 195 Å². The molecule has 17 heteroatoms. The van der Waals surface area contributed by atoms with Crippen LogP contribution in [0.3, 0.4) is 0 Å². The number of nitrogens with zero attached hydrogens (tertiary/aromatic N) is 4. The average Bonchev–Trinajstić information content (AvgIpc) is 0.851. The van der Waals surface area contributed by atoms with Crippen molar-refractivity contribution in [3.05, 3.63) is 195 Å². The van der Waals surface area contributed by atoms with E-state index in [2.05, 4.69) is 60.3 Å². The lowest BCUT2D eigenvalue weighted by molar-refractivity contribution is 0.00361. The minimum atomic E-state index is 0.0210. The van der Waals surface area contributed by atoms with Crippen molar-refractivity contribution in [3.8, 4) is 68.0 Å². The predicted molar refractivity (Wildman–Crippen MR) is 363 cm³/mol. The Labute approximate surface area is 535 Å². The van der Waals surface area contributed by atoms with Crippen LogP contribution in [0.4, 0.5) is 0 Å². The monoisotopic (exact) mass is 1280 g/mol. The van der Waals surface area contributed by atoms with Gasteiger partial charge in [-0.3, -0.25) is 0 Å². The molecule has 0 saturated heterocycles. The molecular weight excluding hydrogens is 1200 g/mol. The van der Waals surface area contributed by atoms with Crippen LogP contribution in [-0.2, 0) is 28.4 Å². The second-order valence-electron chi connectivity index (χ2n) is 20.0. The van der Waals surface area contributed by atoms with Crippen molar-refractivity contribution in [1.82, 2.24) is 19.9 Å². The van der Waals surface area contributed by atoms with Crippen molar-refractivity contribution in [1.29, 1.82) is 0 Å². The van der Waals surface area contributed by atoms with Crippen LogP contribution in [0, 0.1) is 0 Å². The van der Waals surface area contributed by atoms with Gasteiger partial charge < -0.3 is 58.3 Å². The first-order valence-electron chi connectivity index (χ1n) is 30.2. The summed E-state index contributed by atoms with van der Waals surface area (Å²) in [5.41, 5.74) is 10.7. The Morgan fingerprint density at radius 2 is 0.622 bits per heavy atom. The Hall–Kier alpha value is -8.20. The minimum Gasteiger partial charge on any atom is -0.508 e. The molecule has 0 aliphatic carbocycles. The van der Waals surface area contributed by atoms with Crippen molar-refractivity contribution in [2.45, 2.75) is 26.2 Å². The van der Waals surface area contributed by atoms with Crippen LogP contribution >= 0.6 is 15.9 Å². The molecule has 4 heterocycles. The van der Waals surface area contributed by atoms with Gasteiger partial charge in [0.15, 0.2) is 0 Å². The smallest absolute Gasteiger partial charge is 0.119 e. The SMILES string of the molecule is C=CCCBr.C=CCCOc1ccc(-c2ccc3ccc4ccc(-c5ccc(OCCOCCOCCOCCO)cc5)nc4c3n2)cc1.CCCOCCOCCOCCO.Oc1ccc(-c2ccc3ccc4ccc(-c5ccc(O)cc5)nc4c3n2)cc1. The summed E-state index contributed by atoms with van der Waals surface area (Å²) in [5.74, 6) is 2.06. The van der Waals surface area contributed by atoms with Crippen molar-refractivity contribution >= 4 is 59.5 Å². The van der Waals surface area contributed by atoms with E-state index in [-0.39, 0.29) is 24.7 Å². The molecule has 4 N–H and O–H groups in total. The molecule has 0 fully saturated rings. The zero-order valence-corrected chi connectivity index (χ0v) is 52.7. The number of alkyl halides is 1. The normalized spacial score (nSPS) is 10.9. The van der Waals surface area contributed by atoms with Gasteiger partial charge in [-0.1, -0.05) is 83.5 Å². The molecule has 0 amide bonds. The summed E-state index contributed by atoms with van der Waals surface area (Å²) in [7, 11) is 0. The van der Waals surface area contributed by atoms with Gasteiger partial charge >= 0.3 is 0 Å². The summed E-state index contributed by atoms with van der Waals surface area (Å²) in [6.07, 6.45) is 6.65. The maximum atomic E-state index is 9.53. The van der Waals surface area contributed by atoms with Gasteiger partial charge in [-0.25, -0.2) is 19.9 Å². The first-order chi connectivity index (χ1) is 44.2. The number of fused-ring (bicyclic) bond motifs is 6. The van der Waals surface area contributed by atoms with E-state index < -0.39 is 0 Å². The molecule has 4 aromatic heterocycles. The van der Waals surface area contributed by atoms with E-state index in [1.807, 2.05) is 133 Å². The van der Waals surface area contributed by atoms with Crippen LogP contribution in [-0.4, -0.2) is 151 Å². The summed E-state index contributed by atoms with van der Waals surface area (Å²) in [6.45, 7) is 16.7. The summed E-state index contributed by atoms with van der Waals surface area (Å²) >= 11 is 3.24. The minimum absolute atomic E-state index is 0.0210. The molecule has 0 unspecified atom stereocenters. The summed E-state index contributed by atoms with van der Waals surface area (Å²) in [6, 6.07) is 54.5. The molecule has 0 saturated carbocycles. The quantitative estimate of drug-likeness (QED) is 0.0134. The predicted octanol–water partition coefficient (Wildman–Crippen LogP) is 14.4. The second kappa shape index (κ2) is 39.7. The van der Waals surface area contributed by atoms with Gasteiger partial charge in [0, 0.05) is 55.7 Å². The number of allylic oxidation sites excluding steroid dienone is 1. The van der Waals surface area contributed by atoms with Crippen LogP contribution < -0.4 is 9.47 Å². The molecule has 472 valence electrons. The van der Waals surface area contributed by atoms with Gasteiger partial charge in [0.2, 0.25) is 0 Å². The highest BCUT2D eigenvalue weighted by molar-refractivity contribution is 9.09. The summed E-state index contributed by atoms with van der Waals surface area (Å²) in [5, 5.41) is 41.3. The Balaban J connectivity index is 0.000000212. The van der Waals surface area contributed by atoms with Crippen LogP contribution in [0.5, 0.6) is 23.0 Å². The van der Waals surface area contributed by atoms with Crippen molar-refractivity contribution in [2.75, 3.05) is 111 Å². The first-order valence-corrected chi connectivity index (χ1v) is 31.3. The molecule has 10 aromatic rings. The van der Waals surface area contributed by atoms with Gasteiger partial charge in [0.25, 0.3) is 0 Å². The number of ether oxygens (including phenoxy) is 8. The number of aliphatic hydroxyl groups is 2. The fourth-order valence-electron chi connectivity index (χ4n) is 8.80. The number of phenolic OH excluding ortho intramolecular Hbond substituents is 2. The van der Waals surface area contributed by atoms with E-state index in [1.165, 1.54) is 0 Å². The average molecular weight is 1290 g/mol. The molecule has 0 aliphatic rings. The molecule has 16 nitrogen and oxygen atoms in total. The Morgan fingerprint density at radius 1 is 0.344 bits per heavy atom. The van der Waals surface area contributed by atoms with Gasteiger partial charge in [0.05, 0.1) is 137 Å².